The molecule has 0 unspecified atom stereocenters. The summed E-state index contributed by atoms with van der Waals surface area (Å²) in [6.45, 7) is 2.31. The van der Waals surface area contributed by atoms with Gasteiger partial charge in [-0.25, -0.2) is 0 Å². The highest BCUT2D eigenvalue weighted by atomic mass is 16.5. The van der Waals surface area contributed by atoms with Crippen molar-refractivity contribution >= 4 is 11.6 Å². The lowest BCUT2D eigenvalue weighted by Crippen LogP contribution is -2.36. The van der Waals surface area contributed by atoms with Gasteiger partial charge in [-0.3, -0.25) is 4.79 Å². The lowest BCUT2D eigenvalue weighted by molar-refractivity contribution is -0.120. The highest BCUT2D eigenvalue weighted by molar-refractivity contribution is 5.81. The van der Waals surface area contributed by atoms with E-state index in [1.54, 1.807) is 7.11 Å². The van der Waals surface area contributed by atoms with Crippen LogP contribution in [0.15, 0.2) is 18.2 Å². The van der Waals surface area contributed by atoms with Gasteiger partial charge in [-0.1, -0.05) is 18.9 Å². The number of benzene rings is 1. The standard InChI is InChI=1S/C15H22N2O2/c1-11-7-8-14(19-2)13(9-11)16-10-15(18)17-12-5-3-4-6-12/h7-9,12,16H,3-6,10H2,1-2H3,(H,17,18). The van der Waals surface area contributed by atoms with Crippen LogP contribution in [-0.2, 0) is 4.79 Å². The highest BCUT2D eigenvalue weighted by Crippen LogP contribution is 2.24. The Kier molecular flexibility index (Phi) is 4.66. The monoisotopic (exact) mass is 262 g/mol. The molecule has 1 fully saturated rings. The van der Waals surface area contributed by atoms with Crippen molar-refractivity contribution in [3.63, 3.8) is 0 Å². The molecule has 0 heterocycles. The Morgan fingerprint density at radius 2 is 2.11 bits per heavy atom. The van der Waals surface area contributed by atoms with Gasteiger partial charge in [-0.05, 0) is 37.5 Å². The number of anilines is 1. The maximum Gasteiger partial charge on any atom is 0.239 e. The second kappa shape index (κ2) is 6.45. The van der Waals surface area contributed by atoms with Crippen LogP contribution < -0.4 is 15.4 Å². The minimum absolute atomic E-state index is 0.0514. The fourth-order valence-electron chi connectivity index (χ4n) is 2.48. The van der Waals surface area contributed by atoms with Crippen LogP contribution in [0.4, 0.5) is 5.69 Å². The predicted octanol–water partition coefficient (Wildman–Crippen LogP) is 2.47. The Balaban J connectivity index is 1.87. The third-order valence-electron chi connectivity index (χ3n) is 3.51. The van der Waals surface area contributed by atoms with E-state index in [1.165, 1.54) is 12.8 Å². The van der Waals surface area contributed by atoms with E-state index >= 15 is 0 Å². The van der Waals surface area contributed by atoms with Crippen LogP contribution in [0.1, 0.15) is 31.2 Å². The quantitative estimate of drug-likeness (QED) is 0.857. The molecule has 0 spiro atoms. The summed E-state index contributed by atoms with van der Waals surface area (Å²) < 4.78 is 5.27. The fraction of sp³-hybridized carbons (Fsp3) is 0.533. The summed E-state index contributed by atoms with van der Waals surface area (Å²) in [5.74, 6) is 0.815. The van der Waals surface area contributed by atoms with E-state index in [-0.39, 0.29) is 12.5 Å². The van der Waals surface area contributed by atoms with Crippen LogP contribution in [0.3, 0.4) is 0 Å². The Morgan fingerprint density at radius 1 is 1.37 bits per heavy atom. The average molecular weight is 262 g/mol. The molecule has 1 aliphatic carbocycles. The highest BCUT2D eigenvalue weighted by Gasteiger charge is 2.16. The third-order valence-corrected chi connectivity index (χ3v) is 3.51. The summed E-state index contributed by atoms with van der Waals surface area (Å²) in [5.41, 5.74) is 2.00. The molecule has 1 aliphatic rings. The van der Waals surface area contributed by atoms with Crippen LogP contribution >= 0.6 is 0 Å². The maximum atomic E-state index is 11.8. The van der Waals surface area contributed by atoms with Gasteiger partial charge in [-0.2, -0.15) is 0 Å². The van der Waals surface area contributed by atoms with E-state index in [0.717, 1.165) is 29.8 Å². The van der Waals surface area contributed by atoms with E-state index in [4.69, 9.17) is 4.74 Å². The molecular weight excluding hydrogens is 240 g/mol. The van der Waals surface area contributed by atoms with Gasteiger partial charge in [0.25, 0.3) is 0 Å². The zero-order valence-corrected chi connectivity index (χ0v) is 11.7. The molecule has 2 rings (SSSR count). The summed E-state index contributed by atoms with van der Waals surface area (Å²) in [5, 5.41) is 6.20. The van der Waals surface area contributed by atoms with Gasteiger partial charge in [-0.15, -0.1) is 0 Å². The van der Waals surface area contributed by atoms with Crippen molar-refractivity contribution < 1.29 is 9.53 Å². The molecule has 0 aliphatic heterocycles. The lowest BCUT2D eigenvalue weighted by Gasteiger charge is -2.14. The molecule has 1 saturated carbocycles. The summed E-state index contributed by atoms with van der Waals surface area (Å²) in [6.07, 6.45) is 4.67. The van der Waals surface area contributed by atoms with E-state index in [0.29, 0.717) is 6.04 Å². The first-order valence-electron chi connectivity index (χ1n) is 6.87. The van der Waals surface area contributed by atoms with Crippen LogP contribution in [0.5, 0.6) is 5.75 Å². The average Bonchev–Trinajstić information content (AvgIpc) is 2.89. The van der Waals surface area contributed by atoms with Crippen LogP contribution in [0.25, 0.3) is 0 Å². The molecule has 4 heteroatoms. The largest absolute Gasteiger partial charge is 0.495 e. The van der Waals surface area contributed by atoms with Crippen LogP contribution in [0, 0.1) is 6.92 Å². The van der Waals surface area contributed by atoms with Gasteiger partial charge < -0.3 is 15.4 Å². The van der Waals surface area contributed by atoms with E-state index in [1.807, 2.05) is 25.1 Å². The van der Waals surface area contributed by atoms with Crippen molar-refractivity contribution in [3.8, 4) is 5.75 Å². The first kappa shape index (κ1) is 13.7. The van der Waals surface area contributed by atoms with Crippen molar-refractivity contribution in [3.05, 3.63) is 23.8 Å². The minimum Gasteiger partial charge on any atom is -0.495 e. The summed E-state index contributed by atoms with van der Waals surface area (Å²) in [4.78, 5) is 11.8. The zero-order valence-electron chi connectivity index (χ0n) is 11.7. The molecule has 0 atom stereocenters. The van der Waals surface area contributed by atoms with Crippen LogP contribution in [-0.4, -0.2) is 25.6 Å². The summed E-state index contributed by atoms with van der Waals surface area (Å²) in [6, 6.07) is 6.25. The molecule has 1 amide bonds. The van der Waals surface area contributed by atoms with Gasteiger partial charge in [0.1, 0.15) is 5.75 Å². The van der Waals surface area contributed by atoms with Crippen LogP contribution in [0.2, 0.25) is 0 Å². The number of ether oxygens (including phenoxy) is 1. The van der Waals surface area contributed by atoms with Gasteiger partial charge in [0.2, 0.25) is 5.91 Å². The van der Waals surface area contributed by atoms with Gasteiger partial charge in [0, 0.05) is 6.04 Å². The second-order valence-electron chi connectivity index (χ2n) is 5.11. The normalized spacial score (nSPS) is 15.3. The van der Waals surface area contributed by atoms with Crippen molar-refractivity contribution in [1.29, 1.82) is 0 Å². The number of methoxy groups -OCH3 is 1. The van der Waals surface area contributed by atoms with E-state index in [9.17, 15) is 4.79 Å². The van der Waals surface area contributed by atoms with Gasteiger partial charge in [0.05, 0.1) is 19.3 Å². The molecule has 0 bridgehead atoms. The number of nitrogens with one attached hydrogen (secondary N) is 2. The van der Waals surface area contributed by atoms with E-state index in [2.05, 4.69) is 10.6 Å². The Labute approximate surface area is 114 Å². The zero-order chi connectivity index (χ0) is 13.7. The number of carbonyl (C=O) groups is 1. The predicted molar refractivity (Wildman–Crippen MR) is 76.6 cm³/mol. The second-order valence-corrected chi connectivity index (χ2v) is 5.11. The number of amides is 1. The third kappa shape index (κ3) is 3.88. The topological polar surface area (TPSA) is 50.4 Å². The molecular formula is C15H22N2O2. The number of rotatable bonds is 5. The molecule has 0 saturated heterocycles. The lowest BCUT2D eigenvalue weighted by atomic mass is 10.2. The smallest absolute Gasteiger partial charge is 0.239 e. The van der Waals surface area contributed by atoms with Crippen molar-refractivity contribution in [2.45, 2.75) is 38.6 Å². The minimum atomic E-state index is 0.0514. The van der Waals surface area contributed by atoms with Crippen molar-refractivity contribution in [2.24, 2.45) is 0 Å². The van der Waals surface area contributed by atoms with E-state index < -0.39 is 0 Å². The Morgan fingerprint density at radius 3 is 2.79 bits per heavy atom. The molecule has 104 valence electrons. The van der Waals surface area contributed by atoms with Gasteiger partial charge in [0.15, 0.2) is 0 Å². The molecule has 19 heavy (non-hydrogen) atoms. The SMILES string of the molecule is COc1ccc(C)cc1NCC(=O)NC1CCCC1. The summed E-state index contributed by atoms with van der Waals surface area (Å²) >= 11 is 0. The molecule has 2 N–H and O–H groups in total. The molecule has 1 aromatic carbocycles. The van der Waals surface area contributed by atoms with Crippen molar-refractivity contribution in [2.75, 3.05) is 19.0 Å². The summed E-state index contributed by atoms with van der Waals surface area (Å²) in [7, 11) is 1.63. The number of hydrogen-bond acceptors (Lipinski definition) is 3. The Hall–Kier alpha value is -1.71. The maximum absolute atomic E-state index is 11.8. The first-order chi connectivity index (χ1) is 9.19. The number of carbonyl (C=O) groups excluding carboxylic acids is 1. The fourth-order valence-corrected chi connectivity index (χ4v) is 2.48. The number of aryl methyl sites for hydroxylation is 1. The molecule has 0 aromatic heterocycles. The molecule has 0 radical (unpaired) electrons. The molecule has 1 aromatic rings. The van der Waals surface area contributed by atoms with Crippen molar-refractivity contribution in [1.82, 2.24) is 5.32 Å². The molecule has 4 nitrogen and oxygen atoms in total. The Bertz CT molecular complexity index is 440. The van der Waals surface area contributed by atoms with Gasteiger partial charge >= 0.3 is 0 Å². The number of hydrogen-bond donors (Lipinski definition) is 2. The first-order valence-corrected chi connectivity index (χ1v) is 6.87.